The Morgan fingerprint density at radius 3 is 1.39 bits per heavy atom. The molecule has 132 valence electrons. The van der Waals surface area contributed by atoms with Crippen LogP contribution in [-0.4, -0.2) is 8.80 Å². The first kappa shape index (κ1) is 15.3. The number of fused-ring (bicyclic) bond motifs is 3. The molecular formula is C26H18N2. The van der Waals surface area contributed by atoms with Gasteiger partial charge in [0.15, 0.2) is 0 Å². The third-order valence-electron chi connectivity index (χ3n) is 5.52. The second-order valence-electron chi connectivity index (χ2n) is 7.30. The van der Waals surface area contributed by atoms with Crippen LogP contribution in [0.5, 0.6) is 0 Å². The second-order valence-corrected chi connectivity index (χ2v) is 7.30. The minimum Gasteiger partial charge on any atom is -0.323 e. The van der Waals surface area contributed by atoms with E-state index < -0.39 is 0 Å². The highest BCUT2D eigenvalue weighted by Crippen LogP contribution is 2.30. The zero-order chi connectivity index (χ0) is 18.5. The fourth-order valence-corrected chi connectivity index (χ4v) is 4.03. The molecule has 2 nitrogen and oxygen atoms in total. The minimum atomic E-state index is 1.22. The molecule has 6 rings (SSSR count). The maximum Gasteiger partial charge on any atom is 0.0456 e. The number of aromatic nitrogens is 2. The lowest BCUT2D eigenvalue weighted by Crippen LogP contribution is -1.80. The van der Waals surface area contributed by atoms with Crippen LogP contribution < -0.4 is 0 Å². The zero-order valence-corrected chi connectivity index (χ0v) is 15.3. The number of rotatable bonds is 2. The molecule has 0 aliphatic rings. The predicted octanol–water partition coefficient (Wildman–Crippen LogP) is 6.68. The molecule has 4 heterocycles. The standard InChI is InChI=1S/C26H18N2/c1-3-11-27-17-23(15-25(27)5-1)21-9-7-20-14-22(10-8-19(20)13-21)24-16-26-6-2-4-12-28(26)18-24/h1-18H. The Bertz CT molecular complexity index is 1290. The summed E-state index contributed by atoms with van der Waals surface area (Å²) in [6.45, 7) is 0. The van der Waals surface area contributed by atoms with Crippen LogP contribution in [0.25, 0.3) is 44.1 Å². The van der Waals surface area contributed by atoms with Gasteiger partial charge >= 0.3 is 0 Å². The summed E-state index contributed by atoms with van der Waals surface area (Å²) in [7, 11) is 0. The van der Waals surface area contributed by atoms with E-state index in [1.807, 2.05) is 0 Å². The van der Waals surface area contributed by atoms with E-state index in [9.17, 15) is 0 Å². The van der Waals surface area contributed by atoms with Crippen LogP contribution >= 0.6 is 0 Å². The first-order chi connectivity index (χ1) is 13.8. The molecule has 0 amide bonds. The van der Waals surface area contributed by atoms with Crippen LogP contribution in [0.1, 0.15) is 0 Å². The van der Waals surface area contributed by atoms with E-state index in [2.05, 4.69) is 119 Å². The molecule has 0 unspecified atom stereocenters. The highest BCUT2D eigenvalue weighted by Gasteiger charge is 2.06. The van der Waals surface area contributed by atoms with E-state index in [0.717, 1.165) is 0 Å². The van der Waals surface area contributed by atoms with Crippen LogP contribution in [0.4, 0.5) is 0 Å². The monoisotopic (exact) mass is 358 g/mol. The van der Waals surface area contributed by atoms with Gasteiger partial charge in [0, 0.05) is 46.9 Å². The lowest BCUT2D eigenvalue weighted by atomic mass is 9.99. The topological polar surface area (TPSA) is 8.82 Å². The number of pyridine rings is 2. The smallest absolute Gasteiger partial charge is 0.0456 e. The Hall–Kier alpha value is -3.78. The Labute approximate surface area is 162 Å². The van der Waals surface area contributed by atoms with Crippen molar-refractivity contribution in [1.82, 2.24) is 8.80 Å². The fraction of sp³-hybridized carbons (Fsp3) is 0. The van der Waals surface area contributed by atoms with Crippen LogP contribution in [0.2, 0.25) is 0 Å². The molecule has 0 atom stereocenters. The lowest BCUT2D eigenvalue weighted by molar-refractivity contribution is 1.20. The molecule has 2 aromatic carbocycles. The van der Waals surface area contributed by atoms with E-state index in [0.29, 0.717) is 0 Å². The quantitative estimate of drug-likeness (QED) is 0.326. The number of hydrogen-bond acceptors (Lipinski definition) is 0. The molecule has 0 spiro atoms. The molecule has 4 aromatic heterocycles. The fourth-order valence-electron chi connectivity index (χ4n) is 4.03. The van der Waals surface area contributed by atoms with Crippen molar-refractivity contribution in [1.29, 1.82) is 0 Å². The maximum absolute atomic E-state index is 2.28. The molecule has 0 radical (unpaired) electrons. The molecule has 0 aliphatic carbocycles. The van der Waals surface area contributed by atoms with Crippen molar-refractivity contribution >= 4 is 21.8 Å². The molecule has 0 fully saturated rings. The summed E-state index contributed by atoms with van der Waals surface area (Å²) in [5.41, 5.74) is 7.42. The van der Waals surface area contributed by atoms with E-state index in [1.54, 1.807) is 0 Å². The SMILES string of the molecule is c1ccn2cc(-c3ccc4cc(-c5cc6ccccn6c5)ccc4c3)cc2c1. The summed E-state index contributed by atoms with van der Waals surface area (Å²) in [6.07, 6.45) is 8.57. The van der Waals surface area contributed by atoms with Gasteiger partial charge in [0.2, 0.25) is 0 Å². The van der Waals surface area contributed by atoms with Crippen molar-refractivity contribution in [2.45, 2.75) is 0 Å². The number of benzene rings is 2. The van der Waals surface area contributed by atoms with E-state index in [-0.39, 0.29) is 0 Å². The van der Waals surface area contributed by atoms with Crippen LogP contribution in [0.15, 0.2) is 110 Å². The summed E-state index contributed by atoms with van der Waals surface area (Å²) in [5.74, 6) is 0. The Kier molecular flexibility index (Phi) is 3.20. The first-order valence-corrected chi connectivity index (χ1v) is 9.52. The van der Waals surface area contributed by atoms with Crippen molar-refractivity contribution in [3.05, 3.63) is 110 Å². The largest absolute Gasteiger partial charge is 0.323 e. The van der Waals surface area contributed by atoms with Gasteiger partial charge in [-0.05, 0) is 70.4 Å². The zero-order valence-electron chi connectivity index (χ0n) is 15.3. The third-order valence-corrected chi connectivity index (χ3v) is 5.52. The van der Waals surface area contributed by atoms with Crippen molar-refractivity contribution < 1.29 is 0 Å². The number of hydrogen-bond donors (Lipinski definition) is 0. The maximum atomic E-state index is 2.28. The van der Waals surface area contributed by atoms with Gasteiger partial charge in [0.25, 0.3) is 0 Å². The summed E-state index contributed by atoms with van der Waals surface area (Å²) >= 11 is 0. The van der Waals surface area contributed by atoms with Crippen molar-refractivity contribution in [3.63, 3.8) is 0 Å². The molecule has 0 saturated carbocycles. The summed E-state index contributed by atoms with van der Waals surface area (Å²) in [6, 6.07) is 30.5. The minimum absolute atomic E-state index is 1.22. The van der Waals surface area contributed by atoms with Gasteiger partial charge in [0.1, 0.15) is 0 Å². The van der Waals surface area contributed by atoms with Crippen LogP contribution in [-0.2, 0) is 0 Å². The average molecular weight is 358 g/mol. The molecule has 0 N–H and O–H groups in total. The van der Waals surface area contributed by atoms with Gasteiger partial charge in [-0.2, -0.15) is 0 Å². The van der Waals surface area contributed by atoms with Crippen LogP contribution in [0.3, 0.4) is 0 Å². The normalized spacial score (nSPS) is 11.6. The lowest BCUT2D eigenvalue weighted by Gasteiger charge is -2.05. The molecule has 0 bridgehead atoms. The molecular weight excluding hydrogens is 340 g/mol. The second kappa shape index (κ2) is 5.86. The molecule has 6 aromatic rings. The third kappa shape index (κ3) is 2.43. The summed E-state index contributed by atoms with van der Waals surface area (Å²) in [4.78, 5) is 0. The molecule has 2 heteroatoms. The van der Waals surface area contributed by atoms with Gasteiger partial charge in [-0.3, -0.25) is 0 Å². The highest BCUT2D eigenvalue weighted by atomic mass is 14.9. The van der Waals surface area contributed by atoms with Gasteiger partial charge < -0.3 is 8.80 Å². The van der Waals surface area contributed by atoms with E-state index in [1.165, 1.54) is 44.1 Å². The van der Waals surface area contributed by atoms with E-state index >= 15 is 0 Å². The van der Waals surface area contributed by atoms with Crippen molar-refractivity contribution in [3.8, 4) is 22.3 Å². The van der Waals surface area contributed by atoms with Crippen LogP contribution in [0, 0.1) is 0 Å². The Balaban J connectivity index is 1.43. The molecule has 28 heavy (non-hydrogen) atoms. The molecule has 0 saturated heterocycles. The van der Waals surface area contributed by atoms with Crippen molar-refractivity contribution in [2.24, 2.45) is 0 Å². The number of nitrogens with zero attached hydrogens (tertiary/aromatic N) is 2. The predicted molar refractivity (Wildman–Crippen MR) is 117 cm³/mol. The average Bonchev–Trinajstić information content (AvgIpc) is 3.37. The Morgan fingerprint density at radius 2 is 0.929 bits per heavy atom. The highest BCUT2D eigenvalue weighted by molar-refractivity contribution is 5.91. The first-order valence-electron chi connectivity index (χ1n) is 9.52. The van der Waals surface area contributed by atoms with Gasteiger partial charge in [-0.1, -0.05) is 36.4 Å². The summed E-state index contributed by atoms with van der Waals surface area (Å²) < 4.78 is 4.33. The Morgan fingerprint density at radius 1 is 0.429 bits per heavy atom. The van der Waals surface area contributed by atoms with Crippen molar-refractivity contribution in [2.75, 3.05) is 0 Å². The van der Waals surface area contributed by atoms with Gasteiger partial charge in [-0.15, -0.1) is 0 Å². The molecule has 0 aliphatic heterocycles. The van der Waals surface area contributed by atoms with E-state index in [4.69, 9.17) is 0 Å². The van der Waals surface area contributed by atoms with Gasteiger partial charge in [0.05, 0.1) is 0 Å². The summed E-state index contributed by atoms with van der Waals surface area (Å²) in [5, 5.41) is 2.53. The van der Waals surface area contributed by atoms with Gasteiger partial charge in [-0.25, -0.2) is 0 Å².